The van der Waals surface area contributed by atoms with Crippen molar-refractivity contribution in [3.63, 3.8) is 0 Å². The Hall–Kier alpha value is -1.14. The molecule has 6 heteroatoms. The lowest BCUT2D eigenvalue weighted by Crippen LogP contribution is -2.56. The summed E-state index contributed by atoms with van der Waals surface area (Å²) < 4.78 is 0. The van der Waals surface area contributed by atoms with Crippen LogP contribution in [0, 0.1) is 0 Å². The minimum atomic E-state index is -0.298. The molecule has 15 heavy (non-hydrogen) atoms. The van der Waals surface area contributed by atoms with E-state index < -0.39 is 0 Å². The molecule has 6 nitrogen and oxygen atoms in total. The van der Waals surface area contributed by atoms with Crippen molar-refractivity contribution in [2.45, 2.75) is 19.4 Å². The van der Waals surface area contributed by atoms with Gasteiger partial charge in [-0.15, -0.1) is 0 Å². The Morgan fingerprint density at radius 3 is 2.73 bits per heavy atom. The number of carbonyl (C=O) groups excluding carboxylic acids is 2. The van der Waals surface area contributed by atoms with Gasteiger partial charge in [0.1, 0.15) is 0 Å². The van der Waals surface area contributed by atoms with Gasteiger partial charge in [-0.05, 0) is 6.42 Å². The number of amides is 2. The van der Waals surface area contributed by atoms with E-state index in [1.165, 1.54) is 0 Å². The molecule has 3 N–H and O–H groups in total. The second-order valence-corrected chi connectivity index (χ2v) is 3.72. The van der Waals surface area contributed by atoms with Crippen molar-refractivity contribution in [2.24, 2.45) is 5.84 Å². The largest absolute Gasteiger partial charge is 0.343 e. The quantitative estimate of drug-likeness (QED) is 0.341. The summed E-state index contributed by atoms with van der Waals surface area (Å²) in [5.41, 5.74) is 2.13. The van der Waals surface area contributed by atoms with Crippen LogP contribution in [0.3, 0.4) is 0 Å². The Morgan fingerprint density at radius 1 is 1.60 bits per heavy atom. The van der Waals surface area contributed by atoms with Gasteiger partial charge in [0.2, 0.25) is 5.91 Å². The molecule has 0 aromatic carbocycles. The number of piperazine rings is 1. The average Bonchev–Trinajstić information content (AvgIpc) is 2.24. The molecule has 0 aliphatic carbocycles. The fraction of sp³-hybridized carbons (Fsp3) is 0.778. The van der Waals surface area contributed by atoms with Crippen LogP contribution in [-0.4, -0.2) is 54.3 Å². The second-order valence-electron chi connectivity index (χ2n) is 3.72. The number of likely N-dealkylation sites (N-methyl/N-ethyl adjacent to an activating group) is 1. The number of rotatable bonds is 3. The van der Waals surface area contributed by atoms with Crippen LogP contribution in [0.5, 0.6) is 0 Å². The van der Waals surface area contributed by atoms with Crippen LogP contribution in [0.1, 0.15) is 13.3 Å². The monoisotopic (exact) mass is 214 g/mol. The Kier molecular flexibility index (Phi) is 4.05. The van der Waals surface area contributed by atoms with Gasteiger partial charge in [0.15, 0.2) is 0 Å². The maximum atomic E-state index is 11.5. The lowest BCUT2D eigenvalue weighted by molar-refractivity contribution is -0.138. The predicted molar refractivity (Wildman–Crippen MR) is 55.6 cm³/mol. The third-order valence-electron chi connectivity index (χ3n) is 2.76. The molecular formula is C9H18N4O2. The molecule has 1 unspecified atom stereocenters. The zero-order valence-corrected chi connectivity index (χ0v) is 9.19. The minimum absolute atomic E-state index is 0.0459. The van der Waals surface area contributed by atoms with Gasteiger partial charge in [0, 0.05) is 20.1 Å². The van der Waals surface area contributed by atoms with Gasteiger partial charge in [0.25, 0.3) is 5.91 Å². The first-order valence-electron chi connectivity index (χ1n) is 5.08. The molecule has 0 bridgehead atoms. The fourth-order valence-electron chi connectivity index (χ4n) is 1.75. The van der Waals surface area contributed by atoms with Gasteiger partial charge >= 0.3 is 0 Å². The first-order chi connectivity index (χ1) is 7.10. The molecule has 1 atom stereocenters. The van der Waals surface area contributed by atoms with Crippen LogP contribution in [-0.2, 0) is 9.59 Å². The summed E-state index contributed by atoms with van der Waals surface area (Å²) in [7, 11) is 1.77. The molecule has 0 radical (unpaired) electrons. The van der Waals surface area contributed by atoms with Crippen molar-refractivity contribution in [1.82, 2.24) is 15.2 Å². The number of nitrogens with two attached hydrogens (primary N) is 1. The van der Waals surface area contributed by atoms with Crippen molar-refractivity contribution in [3.05, 3.63) is 0 Å². The molecule has 86 valence electrons. The number of hydrogen-bond donors (Lipinski definition) is 2. The van der Waals surface area contributed by atoms with E-state index in [1.54, 1.807) is 11.9 Å². The van der Waals surface area contributed by atoms with Gasteiger partial charge < -0.3 is 4.90 Å². The average molecular weight is 214 g/mol. The topological polar surface area (TPSA) is 78.7 Å². The van der Waals surface area contributed by atoms with Crippen molar-refractivity contribution in [1.29, 1.82) is 0 Å². The molecule has 1 fully saturated rings. The summed E-state index contributed by atoms with van der Waals surface area (Å²) in [6.45, 7) is 3.58. The molecule has 0 saturated carbocycles. The van der Waals surface area contributed by atoms with Gasteiger partial charge in [-0.25, -0.2) is 5.84 Å². The van der Waals surface area contributed by atoms with Gasteiger partial charge in [-0.1, -0.05) is 6.92 Å². The maximum Gasteiger partial charge on any atom is 0.251 e. The van der Waals surface area contributed by atoms with Crippen molar-refractivity contribution in [3.8, 4) is 0 Å². The van der Waals surface area contributed by atoms with Gasteiger partial charge in [0.05, 0.1) is 12.6 Å². The van der Waals surface area contributed by atoms with E-state index in [9.17, 15) is 9.59 Å². The van der Waals surface area contributed by atoms with Crippen LogP contribution >= 0.6 is 0 Å². The van der Waals surface area contributed by atoms with Gasteiger partial charge in [-0.2, -0.15) is 0 Å². The predicted octanol–water partition coefficient (Wildman–Crippen LogP) is -1.47. The Morgan fingerprint density at radius 2 is 2.27 bits per heavy atom. The van der Waals surface area contributed by atoms with Crippen molar-refractivity contribution >= 4 is 11.8 Å². The van der Waals surface area contributed by atoms with E-state index in [4.69, 9.17) is 5.84 Å². The lowest BCUT2D eigenvalue weighted by atomic mass is 10.1. The number of hydrazine groups is 1. The van der Waals surface area contributed by atoms with E-state index >= 15 is 0 Å². The van der Waals surface area contributed by atoms with Crippen LogP contribution < -0.4 is 11.3 Å². The molecular weight excluding hydrogens is 196 g/mol. The summed E-state index contributed by atoms with van der Waals surface area (Å²) in [6.07, 6.45) is 0.653. The summed E-state index contributed by atoms with van der Waals surface area (Å²) >= 11 is 0. The minimum Gasteiger partial charge on any atom is -0.343 e. The first-order valence-corrected chi connectivity index (χ1v) is 5.08. The highest BCUT2D eigenvalue weighted by Crippen LogP contribution is 2.09. The summed E-state index contributed by atoms with van der Waals surface area (Å²) in [5.74, 6) is 4.91. The Labute approximate surface area is 89.4 Å². The standard InChI is InChI=1S/C9H18N4O2/c1-3-7(9(15)11-10)13-5-4-12(2)8(14)6-13/h7H,3-6,10H2,1-2H3,(H,11,15). The highest BCUT2D eigenvalue weighted by Gasteiger charge is 2.29. The summed E-state index contributed by atoms with van der Waals surface area (Å²) in [4.78, 5) is 26.4. The number of nitrogens with zero attached hydrogens (tertiary/aromatic N) is 2. The normalized spacial score (nSPS) is 20.2. The SMILES string of the molecule is CCC(C(=O)NN)N1CCN(C)C(=O)C1. The third-order valence-corrected chi connectivity index (χ3v) is 2.76. The molecule has 2 amide bonds. The Balaban J connectivity index is 2.62. The molecule has 1 aliphatic rings. The zero-order chi connectivity index (χ0) is 11.4. The fourth-order valence-corrected chi connectivity index (χ4v) is 1.75. The van der Waals surface area contributed by atoms with E-state index in [0.717, 1.165) is 0 Å². The summed E-state index contributed by atoms with van der Waals surface area (Å²) in [5, 5.41) is 0. The summed E-state index contributed by atoms with van der Waals surface area (Å²) in [6, 6.07) is -0.298. The Bertz CT molecular complexity index is 256. The van der Waals surface area contributed by atoms with Crippen molar-refractivity contribution < 1.29 is 9.59 Å². The molecule has 0 aromatic rings. The zero-order valence-electron chi connectivity index (χ0n) is 9.19. The number of nitrogens with one attached hydrogen (secondary N) is 1. The van der Waals surface area contributed by atoms with E-state index in [0.29, 0.717) is 26.1 Å². The van der Waals surface area contributed by atoms with E-state index in [1.807, 2.05) is 11.8 Å². The van der Waals surface area contributed by atoms with Crippen LogP contribution in [0.15, 0.2) is 0 Å². The highest BCUT2D eigenvalue weighted by atomic mass is 16.2. The molecule has 0 spiro atoms. The maximum absolute atomic E-state index is 11.5. The van der Waals surface area contributed by atoms with E-state index in [2.05, 4.69) is 5.43 Å². The molecule has 0 aromatic heterocycles. The lowest BCUT2D eigenvalue weighted by Gasteiger charge is -2.35. The highest BCUT2D eigenvalue weighted by molar-refractivity contribution is 5.83. The molecule has 1 aliphatic heterocycles. The van der Waals surface area contributed by atoms with Crippen LogP contribution in [0.4, 0.5) is 0 Å². The number of hydrogen-bond acceptors (Lipinski definition) is 4. The smallest absolute Gasteiger partial charge is 0.251 e. The van der Waals surface area contributed by atoms with Crippen LogP contribution in [0.25, 0.3) is 0 Å². The van der Waals surface area contributed by atoms with Crippen molar-refractivity contribution in [2.75, 3.05) is 26.7 Å². The molecule has 1 heterocycles. The molecule has 1 saturated heterocycles. The third kappa shape index (κ3) is 2.66. The number of carbonyl (C=O) groups is 2. The first kappa shape index (κ1) is 11.9. The molecule has 1 rings (SSSR count). The van der Waals surface area contributed by atoms with Gasteiger partial charge in [-0.3, -0.25) is 19.9 Å². The second kappa shape index (κ2) is 5.09. The van der Waals surface area contributed by atoms with E-state index in [-0.39, 0.29) is 17.9 Å². The van der Waals surface area contributed by atoms with Crippen LogP contribution in [0.2, 0.25) is 0 Å².